The number of carbonyl (C=O) groups is 1. The number of pyridine rings is 1. The summed E-state index contributed by atoms with van der Waals surface area (Å²) in [6.45, 7) is 0.143. The van der Waals surface area contributed by atoms with Crippen LogP contribution in [-0.4, -0.2) is 26.3 Å². The molecule has 186 valence electrons. The van der Waals surface area contributed by atoms with E-state index < -0.39 is 29.8 Å². The molecule has 0 aliphatic carbocycles. The van der Waals surface area contributed by atoms with E-state index in [9.17, 15) is 31.1 Å². The molecule has 15 heteroatoms. The minimum absolute atomic E-state index is 0.106. The number of alkyl halides is 6. The zero-order chi connectivity index (χ0) is 25.9. The quantitative estimate of drug-likeness (QED) is 0.301. The summed E-state index contributed by atoms with van der Waals surface area (Å²) in [7, 11) is 0. The highest BCUT2D eigenvalue weighted by Crippen LogP contribution is 2.35. The van der Waals surface area contributed by atoms with Crippen LogP contribution in [0.4, 0.5) is 42.7 Å². The minimum atomic E-state index is -4.67. The van der Waals surface area contributed by atoms with Crippen LogP contribution in [0.1, 0.15) is 17.0 Å². The van der Waals surface area contributed by atoms with E-state index in [1.807, 2.05) is 0 Å². The lowest BCUT2D eigenvalue weighted by Crippen LogP contribution is -2.35. The molecule has 0 spiro atoms. The molecule has 4 rings (SSSR count). The predicted octanol–water partition coefficient (Wildman–Crippen LogP) is 4.54. The molecule has 0 bridgehead atoms. The van der Waals surface area contributed by atoms with Gasteiger partial charge < -0.3 is 5.32 Å². The Labute approximate surface area is 197 Å². The fourth-order valence-electron chi connectivity index (χ4n) is 3.09. The van der Waals surface area contributed by atoms with Gasteiger partial charge in [-0.25, -0.2) is 14.8 Å². The van der Waals surface area contributed by atoms with Crippen molar-refractivity contribution in [2.45, 2.75) is 18.9 Å². The Bertz CT molecular complexity index is 1370. The van der Waals surface area contributed by atoms with Crippen molar-refractivity contribution >= 4 is 17.6 Å². The number of carbonyl (C=O) groups excluding carboxylic acids is 1. The van der Waals surface area contributed by atoms with E-state index in [0.29, 0.717) is 11.6 Å². The van der Waals surface area contributed by atoms with Crippen LogP contribution < -0.4 is 15.3 Å². The monoisotopic (exact) mass is 510 g/mol. The topological polar surface area (TPSA) is 110 Å². The zero-order valence-corrected chi connectivity index (χ0v) is 17.8. The molecule has 4 aromatic rings. The van der Waals surface area contributed by atoms with Crippen LogP contribution in [0.2, 0.25) is 0 Å². The van der Waals surface area contributed by atoms with E-state index in [1.54, 1.807) is 12.1 Å². The minimum Gasteiger partial charge on any atom is -0.308 e. The number of hydrogen-bond donors (Lipinski definition) is 2. The number of hydrogen-bond acceptors (Lipinski definition) is 6. The second kappa shape index (κ2) is 9.59. The molecule has 0 saturated carbocycles. The molecule has 3 heterocycles. The van der Waals surface area contributed by atoms with Gasteiger partial charge in [0.2, 0.25) is 11.8 Å². The van der Waals surface area contributed by atoms with Gasteiger partial charge in [-0.05, 0) is 22.4 Å². The smallest absolute Gasteiger partial charge is 0.308 e. The summed E-state index contributed by atoms with van der Waals surface area (Å²) < 4.78 is 84.1. The van der Waals surface area contributed by atoms with E-state index in [-0.39, 0.29) is 29.2 Å². The van der Waals surface area contributed by atoms with E-state index >= 15 is 0 Å². The SMILES string of the molecule is O=C(Nc1ccnc(C(F)(F)F)c1)Nc1c[n+](Cc2ccc(-c3cncnc3C(F)(F)F)cc2)no1. The van der Waals surface area contributed by atoms with Gasteiger partial charge in [-0.15, -0.1) is 0 Å². The van der Waals surface area contributed by atoms with E-state index in [0.717, 1.165) is 18.7 Å². The Morgan fingerprint density at radius 2 is 1.72 bits per heavy atom. The third-order valence-corrected chi connectivity index (χ3v) is 4.65. The number of rotatable bonds is 5. The number of benzene rings is 1. The number of nitrogens with zero attached hydrogens (tertiary/aromatic N) is 5. The number of anilines is 2. The van der Waals surface area contributed by atoms with Gasteiger partial charge >= 0.3 is 24.3 Å². The van der Waals surface area contributed by atoms with Gasteiger partial charge in [0.05, 0.1) is 0 Å². The van der Waals surface area contributed by atoms with Gasteiger partial charge in [-0.2, -0.15) is 26.3 Å². The van der Waals surface area contributed by atoms with Crippen LogP contribution >= 0.6 is 0 Å². The molecule has 0 unspecified atom stereocenters. The number of aromatic nitrogens is 5. The van der Waals surface area contributed by atoms with Crippen LogP contribution in [0.15, 0.2) is 65.8 Å². The molecule has 2 amide bonds. The Morgan fingerprint density at radius 1 is 0.972 bits per heavy atom. The molecule has 0 atom stereocenters. The van der Waals surface area contributed by atoms with E-state index in [2.05, 4.69) is 30.9 Å². The summed E-state index contributed by atoms with van der Waals surface area (Å²) in [5.74, 6) is -0.106. The Hall–Kier alpha value is -4.56. The average Bonchev–Trinajstić information content (AvgIpc) is 3.25. The molecule has 3 aromatic heterocycles. The third-order valence-electron chi connectivity index (χ3n) is 4.65. The first-order valence-corrected chi connectivity index (χ1v) is 9.93. The number of amides is 2. The van der Waals surface area contributed by atoms with E-state index in [4.69, 9.17) is 4.52 Å². The van der Waals surface area contributed by atoms with Crippen molar-refractivity contribution in [3.8, 4) is 11.1 Å². The molecule has 9 nitrogen and oxygen atoms in total. The van der Waals surface area contributed by atoms with Crippen LogP contribution in [0, 0.1) is 0 Å². The Morgan fingerprint density at radius 3 is 2.42 bits per heavy atom. The summed E-state index contributed by atoms with van der Waals surface area (Å²) in [5, 5.41) is 8.22. The van der Waals surface area contributed by atoms with Crippen LogP contribution in [0.5, 0.6) is 0 Å². The summed E-state index contributed by atoms with van der Waals surface area (Å²) in [6, 6.07) is 7.06. The molecule has 0 radical (unpaired) electrons. The first kappa shape index (κ1) is 24.6. The maximum atomic E-state index is 13.2. The van der Waals surface area contributed by atoms with Gasteiger partial charge in [-0.1, -0.05) is 24.3 Å². The van der Waals surface area contributed by atoms with Crippen molar-refractivity contribution in [1.82, 2.24) is 20.2 Å². The number of halogens is 6. The third kappa shape index (κ3) is 5.92. The van der Waals surface area contributed by atoms with Gasteiger partial charge in [0.1, 0.15) is 12.0 Å². The molecule has 36 heavy (non-hydrogen) atoms. The fraction of sp³-hybridized carbons (Fsp3) is 0.143. The van der Waals surface area contributed by atoms with Crippen LogP contribution in [0.25, 0.3) is 11.1 Å². The number of urea groups is 1. The Balaban J connectivity index is 1.39. The molecule has 0 fully saturated rings. The predicted molar refractivity (Wildman–Crippen MR) is 110 cm³/mol. The summed E-state index contributed by atoms with van der Waals surface area (Å²) in [6.07, 6.45) is -5.19. The maximum absolute atomic E-state index is 13.2. The molecule has 0 aliphatic rings. The highest BCUT2D eigenvalue weighted by atomic mass is 19.4. The second-order valence-corrected chi connectivity index (χ2v) is 7.25. The summed E-state index contributed by atoms with van der Waals surface area (Å²) in [5.41, 5.74) is -1.61. The van der Waals surface area contributed by atoms with Gasteiger partial charge in [0, 0.05) is 29.2 Å². The first-order chi connectivity index (χ1) is 17.0. The van der Waals surface area contributed by atoms with Crippen molar-refractivity contribution in [1.29, 1.82) is 0 Å². The van der Waals surface area contributed by atoms with E-state index in [1.165, 1.54) is 29.1 Å². The van der Waals surface area contributed by atoms with Gasteiger partial charge in [-0.3, -0.25) is 14.8 Å². The normalized spacial score (nSPS) is 11.8. The fourth-order valence-corrected chi connectivity index (χ4v) is 3.09. The second-order valence-electron chi connectivity index (χ2n) is 7.25. The maximum Gasteiger partial charge on any atom is 0.434 e. The standard InChI is InChI=1S/C21H13F6N7O2/c22-20(23,24)16-7-14(5-6-29-16)31-19(35)32-17-10-34(33-36-17)9-12-1-3-13(4-2-12)15-8-28-11-30-18(15)21(25,26)27/h1-8,10-11H,9H2,(H-,29,31,32,33,35)/p+1. The van der Waals surface area contributed by atoms with Crippen molar-refractivity contribution < 1.29 is 40.3 Å². The lowest BCUT2D eigenvalue weighted by atomic mass is 10.0. The number of nitrogens with one attached hydrogen (secondary N) is 2. The summed E-state index contributed by atoms with van der Waals surface area (Å²) in [4.78, 5) is 22.3. The molecule has 0 saturated heterocycles. The highest BCUT2D eigenvalue weighted by Gasteiger charge is 2.36. The Kier molecular flexibility index (Phi) is 6.55. The van der Waals surface area contributed by atoms with Crippen molar-refractivity contribution in [2.24, 2.45) is 0 Å². The first-order valence-electron chi connectivity index (χ1n) is 9.93. The van der Waals surface area contributed by atoms with Crippen molar-refractivity contribution in [3.05, 3.63) is 78.3 Å². The van der Waals surface area contributed by atoms with Gasteiger partial charge in [0.25, 0.3) is 6.20 Å². The van der Waals surface area contributed by atoms with Gasteiger partial charge in [0.15, 0.2) is 5.69 Å². The largest absolute Gasteiger partial charge is 0.434 e. The molecular formula is C21H14F6N7O2+. The molecule has 2 N–H and O–H groups in total. The lowest BCUT2D eigenvalue weighted by Gasteiger charge is -2.10. The molecule has 0 aliphatic heterocycles. The molecule has 1 aromatic carbocycles. The van der Waals surface area contributed by atoms with Crippen LogP contribution in [-0.2, 0) is 18.9 Å². The lowest BCUT2D eigenvalue weighted by molar-refractivity contribution is -0.754. The average molecular weight is 510 g/mol. The molecular weight excluding hydrogens is 496 g/mol. The van der Waals surface area contributed by atoms with Crippen molar-refractivity contribution in [2.75, 3.05) is 10.6 Å². The van der Waals surface area contributed by atoms with Crippen LogP contribution in [0.3, 0.4) is 0 Å². The van der Waals surface area contributed by atoms with Crippen molar-refractivity contribution in [3.63, 3.8) is 0 Å². The summed E-state index contributed by atoms with van der Waals surface area (Å²) >= 11 is 0. The zero-order valence-electron chi connectivity index (χ0n) is 17.8. The highest BCUT2D eigenvalue weighted by molar-refractivity contribution is 5.98.